The van der Waals surface area contributed by atoms with E-state index in [4.69, 9.17) is 11.6 Å². The van der Waals surface area contributed by atoms with Crippen molar-refractivity contribution < 1.29 is 19.2 Å². The van der Waals surface area contributed by atoms with Gasteiger partial charge in [-0.05, 0) is 24.3 Å². The SMILES string of the molecule is O=C(Nc1ccc(F)c(Cl)c1)c1cccc([N+](=O)[O-])c1O. The molecular weight excluding hydrogens is 303 g/mol. The molecule has 0 aromatic heterocycles. The number of nitrogens with one attached hydrogen (secondary N) is 1. The van der Waals surface area contributed by atoms with Gasteiger partial charge < -0.3 is 10.4 Å². The fraction of sp³-hybridized carbons (Fsp3) is 0. The van der Waals surface area contributed by atoms with Crippen LogP contribution >= 0.6 is 11.6 Å². The van der Waals surface area contributed by atoms with Crippen molar-refractivity contribution in [2.75, 3.05) is 5.32 Å². The molecule has 0 saturated heterocycles. The number of amides is 1. The first-order valence-electron chi connectivity index (χ1n) is 5.63. The molecule has 6 nitrogen and oxygen atoms in total. The molecule has 0 atom stereocenters. The van der Waals surface area contributed by atoms with E-state index in [1.165, 1.54) is 24.3 Å². The molecule has 0 unspecified atom stereocenters. The van der Waals surface area contributed by atoms with Crippen LogP contribution in [0.1, 0.15) is 10.4 Å². The zero-order chi connectivity index (χ0) is 15.6. The van der Waals surface area contributed by atoms with Gasteiger partial charge in [0.15, 0.2) is 0 Å². The van der Waals surface area contributed by atoms with Crippen molar-refractivity contribution in [3.63, 3.8) is 0 Å². The standard InChI is InChI=1S/C13H8ClFN2O4/c14-9-6-7(4-5-10(9)15)16-13(19)8-2-1-3-11(12(8)18)17(20)21/h1-6,18H,(H,16,19). The van der Waals surface area contributed by atoms with Crippen LogP contribution in [-0.4, -0.2) is 15.9 Å². The van der Waals surface area contributed by atoms with E-state index in [0.29, 0.717) is 0 Å². The molecule has 0 fully saturated rings. The first-order valence-corrected chi connectivity index (χ1v) is 6.00. The smallest absolute Gasteiger partial charge is 0.311 e. The molecule has 0 aliphatic heterocycles. The van der Waals surface area contributed by atoms with Crippen molar-refractivity contribution in [2.45, 2.75) is 0 Å². The molecule has 0 radical (unpaired) electrons. The van der Waals surface area contributed by atoms with Crippen LogP contribution < -0.4 is 5.32 Å². The van der Waals surface area contributed by atoms with E-state index in [1.807, 2.05) is 0 Å². The third kappa shape index (κ3) is 3.09. The minimum Gasteiger partial charge on any atom is -0.502 e. The number of carbonyl (C=O) groups excluding carboxylic acids is 1. The lowest BCUT2D eigenvalue weighted by atomic mass is 10.1. The number of nitrogens with zero attached hydrogens (tertiary/aromatic N) is 1. The Kier molecular flexibility index (Phi) is 4.04. The minimum atomic E-state index is -0.805. The molecule has 2 aromatic rings. The van der Waals surface area contributed by atoms with Crippen molar-refractivity contribution in [3.8, 4) is 5.75 Å². The third-order valence-corrected chi connectivity index (χ3v) is 2.92. The number of halogens is 2. The fourth-order valence-corrected chi connectivity index (χ4v) is 1.81. The second kappa shape index (κ2) is 5.76. The highest BCUT2D eigenvalue weighted by Crippen LogP contribution is 2.30. The van der Waals surface area contributed by atoms with Crippen LogP contribution in [0.5, 0.6) is 5.75 Å². The number of aromatic hydroxyl groups is 1. The van der Waals surface area contributed by atoms with E-state index in [1.54, 1.807) is 0 Å². The molecular formula is C13H8ClFN2O4. The molecule has 2 N–H and O–H groups in total. The van der Waals surface area contributed by atoms with E-state index in [2.05, 4.69) is 5.32 Å². The van der Waals surface area contributed by atoms with E-state index >= 15 is 0 Å². The van der Waals surface area contributed by atoms with Gasteiger partial charge in [0, 0.05) is 11.8 Å². The Morgan fingerprint density at radius 2 is 2.05 bits per heavy atom. The maximum atomic E-state index is 13.0. The highest BCUT2D eigenvalue weighted by Gasteiger charge is 2.21. The Labute approximate surface area is 122 Å². The number of anilines is 1. The van der Waals surface area contributed by atoms with Gasteiger partial charge in [-0.2, -0.15) is 0 Å². The molecule has 1 amide bonds. The highest BCUT2D eigenvalue weighted by molar-refractivity contribution is 6.31. The molecule has 0 spiro atoms. The van der Waals surface area contributed by atoms with Crippen LogP contribution in [0.15, 0.2) is 36.4 Å². The number of hydrogen-bond acceptors (Lipinski definition) is 4. The number of carbonyl (C=O) groups is 1. The first kappa shape index (κ1) is 14.7. The van der Waals surface area contributed by atoms with Crippen molar-refractivity contribution >= 4 is 28.9 Å². The summed E-state index contributed by atoms with van der Waals surface area (Å²) in [6, 6.07) is 7.08. The summed E-state index contributed by atoms with van der Waals surface area (Å²) in [5.74, 6) is -2.17. The van der Waals surface area contributed by atoms with Gasteiger partial charge >= 0.3 is 5.69 Å². The highest BCUT2D eigenvalue weighted by atomic mass is 35.5. The summed E-state index contributed by atoms with van der Waals surface area (Å²) in [5.41, 5.74) is -0.665. The number of phenols is 1. The minimum absolute atomic E-state index is 0.184. The molecule has 2 aromatic carbocycles. The fourth-order valence-electron chi connectivity index (χ4n) is 1.63. The van der Waals surface area contributed by atoms with Crippen molar-refractivity contribution in [1.82, 2.24) is 0 Å². The number of benzene rings is 2. The predicted molar refractivity (Wildman–Crippen MR) is 74.1 cm³/mol. The number of rotatable bonds is 3. The monoisotopic (exact) mass is 310 g/mol. The van der Waals surface area contributed by atoms with Crippen molar-refractivity contribution in [2.24, 2.45) is 0 Å². The lowest BCUT2D eigenvalue weighted by Crippen LogP contribution is -2.12. The molecule has 0 bridgehead atoms. The summed E-state index contributed by atoms with van der Waals surface area (Å²) in [4.78, 5) is 21.9. The average Bonchev–Trinajstić information content (AvgIpc) is 2.42. The summed E-state index contributed by atoms with van der Waals surface area (Å²) < 4.78 is 13.0. The van der Waals surface area contributed by atoms with Crippen LogP contribution in [0.2, 0.25) is 5.02 Å². The van der Waals surface area contributed by atoms with E-state index in [9.17, 15) is 24.4 Å². The van der Waals surface area contributed by atoms with Gasteiger partial charge in [-0.1, -0.05) is 17.7 Å². The number of nitro groups is 1. The Balaban J connectivity index is 2.30. The molecule has 0 aliphatic rings. The Hall–Kier alpha value is -2.67. The largest absolute Gasteiger partial charge is 0.502 e. The Morgan fingerprint density at radius 3 is 2.67 bits per heavy atom. The lowest BCUT2D eigenvalue weighted by molar-refractivity contribution is -0.385. The van der Waals surface area contributed by atoms with E-state index in [-0.39, 0.29) is 16.3 Å². The quantitative estimate of drug-likeness (QED) is 0.671. The van der Waals surface area contributed by atoms with E-state index < -0.39 is 28.1 Å². The Bertz CT molecular complexity index is 736. The normalized spacial score (nSPS) is 10.2. The maximum Gasteiger partial charge on any atom is 0.311 e. The van der Waals surface area contributed by atoms with Gasteiger partial charge in [-0.3, -0.25) is 14.9 Å². The second-order valence-electron chi connectivity index (χ2n) is 4.01. The molecule has 8 heteroatoms. The van der Waals surface area contributed by atoms with E-state index in [0.717, 1.165) is 12.1 Å². The van der Waals surface area contributed by atoms with Gasteiger partial charge in [0.05, 0.1) is 15.5 Å². The first-order chi connectivity index (χ1) is 9.90. The van der Waals surface area contributed by atoms with Crippen LogP contribution in [0.25, 0.3) is 0 Å². The maximum absolute atomic E-state index is 13.0. The summed E-state index contributed by atoms with van der Waals surface area (Å²) in [7, 11) is 0. The summed E-state index contributed by atoms with van der Waals surface area (Å²) >= 11 is 5.58. The van der Waals surface area contributed by atoms with Crippen molar-refractivity contribution in [1.29, 1.82) is 0 Å². The number of hydrogen-bond donors (Lipinski definition) is 2. The number of phenolic OH excluding ortho intramolecular Hbond substituents is 1. The summed E-state index contributed by atoms with van der Waals surface area (Å²) in [5, 5.41) is 22.6. The number of nitro benzene ring substituents is 1. The molecule has 108 valence electrons. The van der Waals surface area contributed by atoms with Gasteiger partial charge in [-0.25, -0.2) is 4.39 Å². The molecule has 2 rings (SSSR count). The zero-order valence-electron chi connectivity index (χ0n) is 10.3. The average molecular weight is 311 g/mol. The molecule has 0 aliphatic carbocycles. The second-order valence-corrected chi connectivity index (χ2v) is 4.42. The summed E-state index contributed by atoms with van der Waals surface area (Å²) in [6.07, 6.45) is 0. The van der Waals surface area contributed by atoms with Gasteiger partial charge in [0.25, 0.3) is 5.91 Å². The zero-order valence-corrected chi connectivity index (χ0v) is 11.1. The molecule has 0 saturated carbocycles. The molecule has 21 heavy (non-hydrogen) atoms. The predicted octanol–water partition coefficient (Wildman–Crippen LogP) is 3.35. The topological polar surface area (TPSA) is 92.5 Å². The van der Waals surface area contributed by atoms with Crippen LogP contribution in [0, 0.1) is 15.9 Å². The number of para-hydroxylation sites is 1. The molecule has 0 heterocycles. The van der Waals surface area contributed by atoms with Gasteiger partial charge in [0.1, 0.15) is 5.82 Å². The van der Waals surface area contributed by atoms with Crippen LogP contribution in [0.4, 0.5) is 15.8 Å². The summed E-state index contributed by atoms with van der Waals surface area (Å²) in [6.45, 7) is 0. The van der Waals surface area contributed by atoms with Gasteiger partial charge in [-0.15, -0.1) is 0 Å². The Morgan fingerprint density at radius 1 is 1.33 bits per heavy atom. The van der Waals surface area contributed by atoms with Crippen molar-refractivity contribution in [3.05, 3.63) is 62.9 Å². The lowest BCUT2D eigenvalue weighted by Gasteiger charge is -2.07. The van der Waals surface area contributed by atoms with Crippen LogP contribution in [-0.2, 0) is 0 Å². The van der Waals surface area contributed by atoms with Crippen LogP contribution in [0.3, 0.4) is 0 Å². The van der Waals surface area contributed by atoms with Gasteiger partial charge in [0.2, 0.25) is 5.75 Å². The third-order valence-electron chi connectivity index (χ3n) is 2.63.